The fourth-order valence-electron chi connectivity index (χ4n) is 3.06. The Morgan fingerprint density at radius 3 is 2.93 bits per heavy atom. The SMILES string of the molecule is CC1CN(c2ccc(CN=C(N)Nc3cccc(C(C)C)c3)cn2)CCO1. The fraction of sp³-hybridized carbons (Fsp3) is 0.429. The summed E-state index contributed by atoms with van der Waals surface area (Å²) in [5.41, 5.74) is 9.29. The van der Waals surface area contributed by atoms with Gasteiger partial charge in [-0.25, -0.2) is 9.98 Å². The number of rotatable bonds is 5. The molecule has 1 fully saturated rings. The van der Waals surface area contributed by atoms with E-state index < -0.39 is 0 Å². The second-order valence-electron chi connectivity index (χ2n) is 7.26. The van der Waals surface area contributed by atoms with Gasteiger partial charge in [-0.2, -0.15) is 0 Å². The zero-order valence-electron chi connectivity index (χ0n) is 16.4. The van der Waals surface area contributed by atoms with Crippen LogP contribution in [0.4, 0.5) is 11.5 Å². The summed E-state index contributed by atoms with van der Waals surface area (Å²) in [6.07, 6.45) is 2.11. The Morgan fingerprint density at radius 1 is 1.37 bits per heavy atom. The average molecular weight is 367 g/mol. The first-order valence-electron chi connectivity index (χ1n) is 9.49. The van der Waals surface area contributed by atoms with Crippen molar-refractivity contribution >= 4 is 17.5 Å². The van der Waals surface area contributed by atoms with Crippen molar-refractivity contribution < 1.29 is 4.74 Å². The van der Waals surface area contributed by atoms with Crippen molar-refractivity contribution in [3.63, 3.8) is 0 Å². The summed E-state index contributed by atoms with van der Waals surface area (Å²) in [6.45, 7) is 9.42. The first-order valence-corrected chi connectivity index (χ1v) is 9.49. The van der Waals surface area contributed by atoms with Crippen LogP contribution in [-0.2, 0) is 11.3 Å². The maximum atomic E-state index is 6.04. The molecule has 27 heavy (non-hydrogen) atoms. The van der Waals surface area contributed by atoms with Crippen molar-refractivity contribution in [1.82, 2.24) is 4.98 Å². The van der Waals surface area contributed by atoms with Crippen molar-refractivity contribution in [1.29, 1.82) is 0 Å². The second kappa shape index (κ2) is 8.86. The fourth-order valence-corrected chi connectivity index (χ4v) is 3.06. The lowest BCUT2D eigenvalue weighted by molar-refractivity contribution is 0.0529. The van der Waals surface area contributed by atoms with Crippen LogP contribution in [0.1, 0.15) is 37.8 Å². The maximum absolute atomic E-state index is 6.04. The van der Waals surface area contributed by atoms with Crippen molar-refractivity contribution in [2.75, 3.05) is 29.9 Å². The van der Waals surface area contributed by atoms with Gasteiger partial charge in [0.1, 0.15) is 5.82 Å². The van der Waals surface area contributed by atoms with Crippen LogP contribution in [0, 0.1) is 0 Å². The molecule has 3 N–H and O–H groups in total. The first-order chi connectivity index (χ1) is 13.0. The number of nitrogens with one attached hydrogen (secondary N) is 1. The Morgan fingerprint density at radius 2 is 2.22 bits per heavy atom. The predicted octanol–water partition coefficient (Wildman–Crippen LogP) is 3.36. The van der Waals surface area contributed by atoms with Crippen molar-refractivity contribution in [3.8, 4) is 0 Å². The molecule has 6 nitrogen and oxygen atoms in total. The summed E-state index contributed by atoms with van der Waals surface area (Å²) < 4.78 is 5.58. The van der Waals surface area contributed by atoms with E-state index in [-0.39, 0.29) is 6.10 Å². The van der Waals surface area contributed by atoms with E-state index in [1.54, 1.807) is 0 Å². The zero-order chi connectivity index (χ0) is 19.2. The first kappa shape index (κ1) is 19.2. The highest BCUT2D eigenvalue weighted by molar-refractivity contribution is 5.92. The van der Waals surface area contributed by atoms with Gasteiger partial charge in [0.2, 0.25) is 0 Å². The summed E-state index contributed by atoms with van der Waals surface area (Å²) in [5, 5.41) is 3.16. The van der Waals surface area contributed by atoms with Crippen LogP contribution in [-0.4, -0.2) is 36.7 Å². The second-order valence-corrected chi connectivity index (χ2v) is 7.26. The minimum atomic E-state index is 0.241. The minimum absolute atomic E-state index is 0.241. The molecule has 3 rings (SSSR count). The predicted molar refractivity (Wildman–Crippen MR) is 111 cm³/mol. The number of aromatic nitrogens is 1. The molecule has 1 aliphatic heterocycles. The Balaban J connectivity index is 1.57. The van der Waals surface area contributed by atoms with Crippen LogP contribution in [0.5, 0.6) is 0 Å². The summed E-state index contributed by atoms with van der Waals surface area (Å²) in [4.78, 5) is 11.2. The molecule has 144 valence electrons. The molecule has 1 atom stereocenters. The number of nitrogens with two attached hydrogens (primary N) is 1. The summed E-state index contributed by atoms with van der Waals surface area (Å²) >= 11 is 0. The molecular weight excluding hydrogens is 338 g/mol. The molecule has 0 amide bonds. The number of anilines is 2. The van der Waals surface area contributed by atoms with Gasteiger partial charge < -0.3 is 20.7 Å². The van der Waals surface area contributed by atoms with Gasteiger partial charge in [-0.1, -0.05) is 32.0 Å². The lowest BCUT2D eigenvalue weighted by Gasteiger charge is -2.32. The normalized spacial score (nSPS) is 18.0. The molecular formula is C21H29N5O. The van der Waals surface area contributed by atoms with Crippen LogP contribution in [0.15, 0.2) is 47.6 Å². The van der Waals surface area contributed by atoms with Crippen molar-refractivity contribution in [2.24, 2.45) is 10.7 Å². The number of benzene rings is 1. The number of hydrogen-bond donors (Lipinski definition) is 2. The largest absolute Gasteiger partial charge is 0.375 e. The van der Waals surface area contributed by atoms with E-state index in [9.17, 15) is 0 Å². The van der Waals surface area contributed by atoms with E-state index in [2.05, 4.69) is 59.2 Å². The molecule has 0 radical (unpaired) electrons. The third kappa shape index (κ3) is 5.44. The number of pyridine rings is 1. The molecule has 0 bridgehead atoms. The van der Waals surface area contributed by atoms with Crippen LogP contribution in [0.2, 0.25) is 0 Å². The summed E-state index contributed by atoms with van der Waals surface area (Å²) in [6, 6.07) is 12.3. The highest BCUT2D eigenvalue weighted by Gasteiger charge is 2.17. The molecule has 0 saturated carbocycles. The van der Waals surface area contributed by atoms with E-state index in [0.29, 0.717) is 18.4 Å². The monoisotopic (exact) mass is 367 g/mol. The van der Waals surface area contributed by atoms with E-state index in [1.807, 2.05) is 24.4 Å². The Kier molecular flexibility index (Phi) is 6.29. The molecule has 0 aliphatic carbocycles. The van der Waals surface area contributed by atoms with E-state index in [4.69, 9.17) is 10.5 Å². The quantitative estimate of drug-likeness (QED) is 0.626. The molecule has 2 heterocycles. The summed E-state index contributed by atoms with van der Waals surface area (Å²) in [5.74, 6) is 1.86. The molecule has 2 aromatic rings. The number of ether oxygens (including phenoxy) is 1. The van der Waals surface area contributed by atoms with Crippen LogP contribution < -0.4 is 16.0 Å². The molecule has 6 heteroatoms. The molecule has 1 aliphatic rings. The smallest absolute Gasteiger partial charge is 0.193 e. The van der Waals surface area contributed by atoms with E-state index >= 15 is 0 Å². The van der Waals surface area contributed by atoms with Gasteiger partial charge in [-0.15, -0.1) is 0 Å². The highest BCUT2D eigenvalue weighted by Crippen LogP contribution is 2.18. The lowest BCUT2D eigenvalue weighted by Crippen LogP contribution is -2.41. The molecule has 1 saturated heterocycles. The van der Waals surface area contributed by atoms with Gasteiger partial charge in [0.15, 0.2) is 5.96 Å². The minimum Gasteiger partial charge on any atom is -0.375 e. The van der Waals surface area contributed by atoms with Gasteiger partial charge >= 0.3 is 0 Å². The Bertz CT molecular complexity index is 772. The van der Waals surface area contributed by atoms with E-state index in [0.717, 1.165) is 36.8 Å². The van der Waals surface area contributed by atoms with Crippen molar-refractivity contribution in [3.05, 3.63) is 53.7 Å². The third-order valence-corrected chi connectivity index (χ3v) is 4.63. The van der Waals surface area contributed by atoms with Crippen LogP contribution in [0.25, 0.3) is 0 Å². The Labute approximate surface area is 161 Å². The number of hydrogen-bond acceptors (Lipinski definition) is 4. The van der Waals surface area contributed by atoms with Gasteiger partial charge in [-0.3, -0.25) is 0 Å². The van der Waals surface area contributed by atoms with Gasteiger partial charge in [-0.05, 0) is 42.2 Å². The van der Waals surface area contributed by atoms with Gasteiger partial charge in [0.25, 0.3) is 0 Å². The van der Waals surface area contributed by atoms with E-state index in [1.165, 1.54) is 5.56 Å². The van der Waals surface area contributed by atoms with Gasteiger partial charge in [0, 0.05) is 25.0 Å². The standard InChI is InChI=1S/C21H29N5O/c1-15(2)18-5-4-6-19(11-18)25-21(22)24-13-17-7-8-20(23-12-17)26-9-10-27-16(3)14-26/h4-8,11-12,15-16H,9-10,13-14H2,1-3H3,(H3,22,24,25). The maximum Gasteiger partial charge on any atom is 0.193 e. The molecule has 1 unspecified atom stereocenters. The average Bonchev–Trinajstić information content (AvgIpc) is 2.67. The Hall–Kier alpha value is -2.60. The van der Waals surface area contributed by atoms with Gasteiger partial charge in [0.05, 0.1) is 19.3 Å². The number of aliphatic imine (C=N–C) groups is 1. The van der Waals surface area contributed by atoms with Crippen molar-refractivity contribution in [2.45, 2.75) is 39.3 Å². The highest BCUT2D eigenvalue weighted by atomic mass is 16.5. The summed E-state index contributed by atoms with van der Waals surface area (Å²) in [7, 11) is 0. The lowest BCUT2D eigenvalue weighted by atomic mass is 10.0. The van der Waals surface area contributed by atoms with Crippen LogP contribution in [0.3, 0.4) is 0 Å². The number of morpholine rings is 1. The third-order valence-electron chi connectivity index (χ3n) is 4.63. The molecule has 1 aromatic carbocycles. The molecule has 0 spiro atoms. The molecule has 1 aromatic heterocycles. The van der Waals surface area contributed by atoms with Crippen LogP contribution >= 0.6 is 0 Å². The zero-order valence-corrected chi connectivity index (χ0v) is 16.4. The number of nitrogens with zero attached hydrogens (tertiary/aromatic N) is 3. The topological polar surface area (TPSA) is 75.8 Å². The number of guanidine groups is 1.